The molecule has 1 aromatic carbocycles. The van der Waals surface area contributed by atoms with Crippen molar-refractivity contribution < 1.29 is 4.79 Å². The summed E-state index contributed by atoms with van der Waals surface area (Å²) in [4.78, 5) is 15.5. The molecule has 0 aliphatic carbocycles. The molecule has 5 heteroatoms. The van der Waals surface area contributed by atoms with Crippen LogP contribution in [0.5, 0.6) is 0 Å². The van der Waals surface area contributed by atoms with Crippen LogP contribution in [-0.2, 0) is 5.88 Å². The highest BCUT2D eigenvalue weighted by Gasteiger charge is 2.12. The zero-order valence-electron chi connectivity index (χ0n) is 8.11. The standard InChI is InChI=1S/C11H7Cl2NOS/c12-5-7-6-16-11(14-7)9-4-2-1-3-8(9)10(13)15/h1-4,6H,5H2. The SMILES string of the molecule is O=C(Cl)c1ccccc1-c1nc(CCl)cs1. The second-order valence-corrected chi connectivity index (χ2v) is 4.57. The molecule has 0 saturated carbocycles. The van der Waals surface area contributed by atoms with E-state index in [0.717, 1.165) is 16.3 Å². The van der Waals surface area contributed by atoms with Crippen LogP contribution >= 0.6 is 34.5 Å². The Labute approximate surface area is 107 Å². The number of nitrogens with zero attached hydrogens (tertiary/aromatic N) is 1. The number of halogens is 2. The van der Waals surface area contributed by atoms with Crippen molar-refractivity contribution in [1.29, 1.82) is 0 Å². The van der Waals surface area contributed by atoms with E-state index >= 15 is 0 Å². The zero-order valence-corrected chi connectivity index (χ0v) is 10.4. The number of rotatable bonds is 3. The molecule has 0 bridgehead atoms. The van der Waals surface area contributed by atoms with E-state index < -0.39 is 5.24 Å². The predicted octanol–water partition coefficient (Wildman–Crippen LogP) is 3.93. The van der Waals surface area contributed by atoms with Crippen LogP contribution in [-0.4, -0.2) is 10.2 Å². The second-order valence-electron chi connectivity index (χ2n) is 3.10. The molecule has 82 valence electrons. The Morgan fingerprint density at radius 2 is 2.12 bits per heavy atom. The van der Waals surface area contributed by atoms with Crippen LogP contribution in [0, 0.1) is 0 Å². The smallest absolute Gasteiger partial charge is 0.253 e. The zero-order chi connectivity index (χ0) is 11.5. The number of hydrogen-bond acceptors (Lipinski definition) is 3. The minimum absolute atomic E-state index is 0.369. The summed E-state index contributed by atoms with van der Waals surface area (Å²) in [5.41, 5.74) is 2.03. The van der Waals surface area contributed by atoms with E-state index in [1.54, 1.807) is 12.1 Å². The minimum Gasteiger partial charge on any atom is -0.276 e. The van der Waals surface area contributed by atoms with Gasteiger partial charge in [-0.25, -0.2) is 4.98 Å². The van der Waals surface area contributed by atoms with Crippen molar-refractivity contribution in [3.8, 4) is 10.6 Å². The Morgan fingerprint density at radius 1 is 1.38 bits per heavy atom. The van der Waals surface area contributed by atoms with Crippen molar-refractivity contribution >= 4 is 39.8 Å². The minimum atomic E-state index is -0.474. The lowest BCUT2D eigenvalue weighted by molar-refractivity contribution is 0.108. The fraction of sp³-hybridized carbons (Fsp3) is 0.0909. The summed E-state index contributed by atoms with van der Waals surface area (Å²) >= 11 is 12.6. The number of carbonyl (C=O) groups excluding carboxylic acids is 1. The van der Waals surface area contributed by atoms with Gasteiger partial charge in [-0.3, -0.25) is 4.79 Å². The fourth-order valence-electron chi connectivity index (χ4n) is 1.33. The van der Waals surface area contributed by atoms with Gasteiger partial charge < -0.3 is 0 Å². The molecule has 0 atom stereocenters. The van der Waals surface area contributed by atoms with Gasteiger partial charge >= 0.3 is 0 Å². The summed E-state index contributed by atoms with van der Waals surface area (Å²) in [5.74, 6) is 0.369. The Kier molecular flexibility index (Phi) is 3.59. The van der Waals surface area contributed by atoms with Crippen LogP contribution in [0.1, 0.15) is 16.1 Å². The van der Waals surface area contributed by atoms with Gasteiger partial charge in [0.1, 0.15) is 5.01 Å². The molecule has 0 aliphatic heterocycles. The first-order chi connectivity index (χ1) is 7.72. The lowest BCUT2D eigenvalue weighted by Gasteiger charge is -2.01. The number of benzene rings is 1. The molecular weight excluding hydrogens is 265 g/mol. The molecule has 0 amide bonds. The van der Waals surface area contributed by atoms with Crippen LogP contribution in [0.15, 0.2) is 29.6 Å². The molecule has 0 saturated heterocycles. The van der Waals surface area contributed by atoms with Crippen LogP contribution < -0.4 is 0 Å². The number of alkyl halides is 1. The molecule has 0 aliphatic rings. The Morgan fingerprint density at radius 3 is 2.75 bits per heavy atom. The normalized spacial score (nSPS) is 10.4. The maximum atomic E-state index is 11.2. The maximum Gasteiger partial charge on any atom is 0.253 e. The van der Waals surface area contributed by atoms with Crippen molar-refractivity contribution in [2.24, 2.45) is 0 Å². The van der Waals surface area contributed by atoms with Crippen molar-refractivity contribution in [2.75, 3.05) is 0 Å². The third-order valence-electron chi connectivity index (χ3n) is 2.06. The van der Waals surface area contributed by atoms with E-state index in [-0.39, 0.29) is 0 Å². The Bertz CT molecular complexity index is 524. The fourth-order valence-corrected chi connectivity index (χ4v) is 2.58. The highest BCUT2D eigenvalue weighted by Crippen LogP contribution is 2.28. The summed E-state index contributed by atoms with van der Waals surface area (Å²) in [6, 6.07) is 7.13. The van der Waals surface area contributed by atoms with Gasteiger partial charge in [-0.05, 0) is 17.7 Å². The quantitative estimate of drug-likeness (QED) is 0.626. The van der Waals surface area contributed by atoms with Gasteiger partial charge in [0.15, 0.2) is 0 Å². The molecular formula is C11H7Cl2NOS. The first-order valence-electron chi connectivity index (χ1n) is 4.52. The van der Waals surface area contributed by atoms with Crippen molar-refractivity contribution in [3.63, 3.8) is 0 Å². The summed E-state index contributed by atoms with van der Waals surface area (Å²) in [6.07, 6.45) is 0. The summed E-state index contributed by atoms with van der Waals surface area (Å²) in [6.45, 7) is 0. The molecule has 1 aromatic heterocycles. The summed E-state index contributed by atoms with van der Waals surface area (Å²) < 4.78 is 0. The van der Waals surface area contributed by atoms with Crippen LogP contribution in [0.2, 0.25) is 0 Å². The molecule has 0 radical (unpaired) electrons. The van der Waals surface area contributed by atoms with Crippen molar-refractivity contribution in [1.82, 2.24) is 4.98 Å². The van der Waals surface area contributed by atoms with E-state index in [1.807, 2.05) is 17.5 Å². The lowest BCUT2D eigenvalue weighted by atomic mass is 10.1. The van der Waals surface area contributed by atoms with E-state index in [4.69, 9.17) is 23.2 Å². The maximum absolute atomic E-state index is 11.2. The number of aromatic nitrogens is 1. The highest BCUT2D eigenvalue weighted by atomic mass is 35.5. The van der Waals surface area contributed by atoms with E-state index in [0.29, 0.717) is 11.4 Å². The first-order valence-corrected chi connectivity index (χ1v) is 6.31. The van der Waals surface area contributed by atoms with Crippen molar-refractivity contribution in [2.45, 2.75) is 5.88 Å². The van der Waals surface area contributed by atoms with E-state index in [9.17, 15) is 4.79 Å². The third-order valence-corrected chi connectivity index (χ3v) is 3.46. The Balaban J connectivity index is 2.50. The molecule has 2 rings (SSSR count). The number of hydrogen-bond donors (Lipinski definition) is 0. The monoisotopic (exact) mass is 271 g/mol. The summed E-state index contributed by atoms with van der Waals surface area (Å²) in [5, 5.41) is 2.16. The average Bonchev–Trinajstić information content (AvgIpc) is 2.77. The molecule has 0 unspecified atom stereocenters. The molecule has 2 aromatic rings. The highest BCUT2D eigenvalue weighted by molar-refractivity contribution is 7.13. The van der Waals surface area contributed by atoms with E-state index in [2.05, 4.69) is 4.98 Å². The van der Waals surface area contributed by atoms with Gasteiger partial charge in [-0.2, -0.15) is 0 Å². The number of thiazole rings is 1. The first kappa shape index (κ1) is 11.6. The van der Waals surface area contributed by atoms with Crippen LogP contribution in [0.4, 0.5) is 0 Å². The summed E-state index contributed by atoms with van der Waals surface area (Å²) in [7, 11) is 0. The van der Waals surface area contributed by atoms with Gasteiger partial charge in [0.2, 0.25) is 0 Å². The van der Waals surface area contributed by atoms with Crippen LogP contribution in [0.3, 0.4) is 0 Å². The molecule has 16 heavy (non-hydrogen) atoms. The third kappa shape index (κ3) is 2.26. The largest absolute Gasteiger partial charge is 0.276 e. The van der Waals surface area contributed by atoms with Gasteiger partial charge in [-0.1, -0.05) is 18.2 Å². The molecule has 1 heterocycles. The van der Waals surface area contributed by atoms with E-state index in [1.165, 1.54) is 11.3 Å². The predicted molar refractivity (Wildman–Crippen MR) is 67.3 cm³/mol. The number of carbonyl (C=O) groups is 1. The second kappa shape index (κ2) is 4.95. The topological polar surface area (TPSA) is 30.0 Å². The van der Waals surface area contributed by atoms with Crippen molar-refractivity contribution in [3.05, 3.63) is 40.9 Å². The molecule has 2 nitrogen and oxygen atoms in total. The van der Waals surface area contributed by atoms with Crippen LogP contribution in [0.25, 0.3) is 10.6 Å². The van der Waals surface area contributed by atoms with Gasteiger partial charge in [0.25, 0.3) is 5.24 Å². The van der Waals surface area contributed by atoms with Gasteiger partial charge in [-0.15, -0.1) is 22.9 Å². The lowest BCUT2D eigenvalue weighted by Crippen LogP contribution is -1.92. The molecule has 0 spiro atoms. The molecule has 0 N–H and O–H groups in total. The Hall–Kier alpha value is -0.900. The van der Waals surface area contributed by atoms with Gasteiger partial charge in [0, 0.05) is 16.5 Å². The average molecular weight is 272 g/mol. The van der Waals surface area contributed by atoms with Gasteiger partial charge in [0.05, 0.1) is 11.6 Å². The molecule has 0 fully saturated rings.